The van der Waals surface area contributed by atoms with Gasteiger partial charge in [-0.1, -0.05) is 40.2 Å². The molecule has 144 valence electrons. The van der Waals surface area contributed by atoms with Crippen molar-refractivity contribution in [1.29, 1.82) is 0 Å². The highest BCUT2D eigenvalue weighted by atomic mass is 79.9. The fraction of sp³-hybridized carbons (Fsp3) is 0.227. The van der Waals surface area contributed by atoms with Crippen LogP contribution in [0.3, 0.4) is 0 Å². The van der Waals surface area contributed by atoms with Gasteiger partial charge in [-0.25, -0.2) is 4.39 Å². The van der Waals surface area contributed by atoms with Crippen LogP contribution in [0, 0.1) is 5.82 Å². The van der Waals surface area contributed by atoms with Gasteiger partial charge in [0.1, 0.15) is 11.6 Å². The molecule has 0 radical (unpaired) electrons. The van der Waals surface area contributed by atoms with E-state index in [0.717, 1.165) is 15.2 Å². The van der Waals surface area contributed by atoms with Crippen LogP contribution >= 0.6 is 15.9 Å². The summed E-state index contributed by atoms with van der Waals surface area (Å²) in [5, 5.41) is 2.17. The van der Waals surface area contributed by atoms with Crippen molar-refractivity contribution in [2.45, 2.75) is 0 Å². The first-order valence-electron chi connectivity index (χ1n) is 9.19. The Morgan fingerprint density at radius 3 is 2.46 bits per heavy atom. The van der Waals surface area contributed by atoms with E-state index in [2.05, 4.69) is 15.9 Å². The van der Waals surface area contributed by atoms with Crippen molar-refractivity contribution in [1.82, 2.24) is 4.90 Å². The Labute approximate surface area is 171 Å². The number of piperazine rings is 1. The second-order valence-electron chi connectivity index (χ2n) is 6.76. The van der Waals surface area contributed by atoms with Gasteiger partial charge in [0, 0.05) is 30.7 Å². The quantitative estimate of drug-likeness (QED) is 0.597. The second-order valence-corrected chi connectivity index (χ2v) is 7.68. The molecule has 1 saturated heterocycles. The summed E-state index contributed by atoms with van der Waals surface area (Å²) in [7, 11) is 0. The Morgan fingerprint density at radius 2 is 1.68 bits per heavy atom. The molecule has 0 bridgehead atoms. The molecule has 0 N–H and O–H groups in total. The molecule has 1 aliphatic rings. The molecule has 0 atom stereocenters. The van der Waals surface area contributed by atoms with E-state index in [-0.39, 0.29) is 18.3 Å². The van der Waals surface area contributed by atoms with Gasteiger partial charge in [-0.15, -0.1) is 0 Å². The minimum absolute atomic E-state index is 0.00172. The highest BCUT2D eigenvalue weighted by molar-refractivity contribution is 9.10. The molecule has 0 saturated carbocycles. The number of anilines is 1. The number of para-hydroxylation sites is 1. The molecule has 0 unspecified atom stereocenters. The van der Waals surface area contributed by atoms with Crippen LogP contribution in [0.2, 0.25) is 0 Å². The van der Waals surface area contributed by atoms with Crippen LogP contribution in [0.15, 0.2) is 65.1 Å². The zero-order valence-corrected chi connectivity index (χ0v) is 16.9. The van der Waals surface area contributed by atoms with Gasteiger partial charge in [0.15, 0.2) is 6.61 Å². The Morgan fingerprint density at radius 1 is 0.964 bits per heavy atom. The largest absolute Gasteiger partial charge is 0.484 e. The van der Waals surface area contributed by atoms with E-state index in [0.29, 0.717) is 37.6 Å². The number of hydrogen-bond donors (Lipinski definition) is 0. The van der Waals surface area contributed by atoms with E-state index >= 15 is 0 Å². The van der Waals surface area contributed by atoms with E-state index in [9.17, 15) is 9.18 Å². The Balaban J connectivity index is 1.32. The van der Waals surface area contributed by atoms with E-state index in [1.54, 1.807) is 17.0 Å². The summed E-state index contributed by atoms with van der Waals surface area (Å²) in [6.07, 6.45) is 0. The lowest BCUT2D eigenvalue weighted by atomic mass is 10.1. The number of fused-ring (bicyclic) bond motifs is 1. The summed E-state index contributed by atoms with van der Waals surface area (Å²) in [6, 6.07) is 18.6. The molecule has 0 aliphatic carbocycles. The van der Waals surface area contributed by atoms with Gasteiger partial charge in [-0.3, -0.25) is 4.79 Å². The van der Waals surface area contributed by atoms with Crippen molar-refractivity contribution in [2.75, 3.05) is 37.7 Å². The molecule has 0 spiro atoms. The molecular weight excluding hydrogens is 423 g/mol. The van der Waals surface area contributed by atoms with Gasteiger partial charge in [0.25, 0.3) is 5.91 Å². The van der Waals surface area contributed by atoms with E-state index in [4.69, 9.17) is 4.74 Å². The third-order valence-corrected chi connectivity index (χ3v) is 5.45. The summed E-state index contributed by atoms with van der Waals surface area (Å²) in [4.78, 5) is 16.2. The molecule has 4 nitrogen and oxygen atoms in total. The maximum absolute atomic E-state index is 13.9. The topological polar surface area (TPSA) is 32.8 Å². The minimum atomic E-state index is -0.228. The number of rotatable bonds is 4. The predicted molar refractivity (Wildman–Crippen MR) is 112 cm³/mol. The van der Waals surface area contributed by atoms with E-state index < -0.39 is 0 Å². The number of amides is 1. The molecule has 1 amide bonds. The van der Waals surface area contributed by atoms with Crippen molar-refractivity contribution < 1.29 is 13.9 Å². The second kappa shape index (κ2) is 8.19. The number of ether oxygens (including phenoxy) is 1. The van der Waals surface area contributed by atoms with Crippen LogP contribution in [-0.2, 0) is 4.79 Å². The summed E-state index contributed by atoms with van der Waals surface area (Å²) >= 11 is 3.46. The van der Waals surface area contributed by atoms with Crippen LogP contribution in [0.5, 0.6) is 5.75 Å². The summed E-state index contributed by atoms with van der Waals surface area (Å²) in [6.45, 7) is 2.33. The average Bonchev–Trinajstić information content (AvgIpc) is 2.72. The first kappa shape index (κ1) is 18.7. The minimum Gasteiger partial charge on any atom is -0.484 e. The van der Waals surface area contributed by atoms with Crippen molar-refractivity contribution >= 4 is 38.3 Å². The number of benzene rings is 3. The van der Waals surface area contributed by atoms with Gasteiger partial charge in [0.05, 0.1) is 5.69 Å². The van der Waals surface area contributed by atoms with Crippen LogP contribution in [0.4, 0.5) is 10.1 Å². The number of hydrogen-bond acceptors (Lipinski definition) is 3. The summed E-state index contributed by atoms with van der Waals surface area (Å²) in [5.74, 6) is 0.395. The molecule has 6 heteroatoms. The van der Waals surface area contributed by atoms with Gasteiger partial charge in [-0.2, -0.15) is 0 Å². The van der Waals surface area contributed by atoms with Crippen molar-refractivity contribution in [3.63, 3.8) is 0 Å². The summed E-state index contributed by atoms with van der Waals surface area (Å²) < 4.78 is 20.7. The Bertz CT molecular complexity index is 1000. The maximum atomic E-state index is 13.9. The molecule has 3 aromatic rings. The smallest absolute Gasteiger partial charge is 0.260 e. The lowest BCUT2D eigenvalue weighted by Gasteiger charge is -2.36. The molecule has 3 aromatic carbocycles. The maximum Gasteiger partial charge on any atom is 0.260 e. The van der Waals surface area contributed by atoms with E-state index in [1.165, 1.54) is 6.07 Å². The highest BCUT2D eigenvalue weighted by Crippen LogP contribution is 2.24. The van der Waals surface area contributed by atoms with Gasteiger partial charge < -0.3 is 14.5 Å². The lowest BCUT2D eigenvalue weighted by molar-refractivity contribution is -0.133. The monoisotopic (exact) mass is 442 g/mol. The van der Waals surface area contributed by atoms with Crippen LogP contribution in [0.25, 0.3) is 10.8 Å². The van der Waals surface area contributed by atoms with Gasteiger partial charge in [0.2, 0.25) is 0 Å². The van der Waals surface area contributed by atoms with E-state index in [1.807, 2.05) is 47.4 Å². The Kier molecular flexibility index (Phi) is 5.48. The SMILES string of the molecule is O=C(COc1ccc2cc(Br)ccc2c1)N1CCN(c2ccccc2F)CC1. The van der Waals surface area contributed by atoms with Crippen LogP contribution in [-0.4, -0.2) is 43.6 Å². The van der Waals surface area contributed by atoms with Crippen molar-refractivity contribution in [2.24, 2.45) is 0 Å². The van der Waals surface area contributed by atoms with Gasteiger partial charge in [-0.05, 0) is 47.2 Å². The molecule has 28 heavy (non-hydrogen) atoms. The lowest BCUT2D eigenvalue weighted by Crippen LogP contribution is -2.50. The summed E-state index contributed by atoms with van der Waals surface area (Å²) in [5.41, 5.74) is 0.591. The molecule has 1 aliphatic heterocycles. The molecule has 0 aromatic heterocycles. The van der Waals surface area contributed by atoms with Crippen molar-refractivity contribution in [3.8, 4) is 5.75 Å². The number of nitrogens with zero attached hydrogens (tertiary/aromatic N) is 2. The van der Waals surface area contributed by atoms with Crippen LogP contribution in [0.1, 0.15) is 0 Å². The van der Waals surface area contributed by atoms with Crippen molar-refractivity contribution in [3.05, 3.63) is 71.0 Å². The zero-order valence-electron chi connectivity index (χ0n) is 15.3. The first-order valence-corrected chi connectivity index (χ1v) is 9.99. The first-order chi connectivity index (χ1) is 13.6. The van der Waals surface area contributed by atoms with Crippen LogP contribution < -0.4 is 9.64 Å². The number of carbonyl (C=O) groups excluding carboxylic acids is 1. The standard InChI is InChI=1S/C22H20BrFN2O2/c23-18-7-5-17-14-19(8-6-16(17)13-18)28-15-22(27)26-11-9-25(10-12-26)21-4-2-1-3-20(21)24/h1-8,13-14H,9-12,15H2. The third kappa shape index (κ3) is 4.12. The molecule has 1 fully saturated rings. The molecule has 1 heterocycles. The zero-order chi connectivity index (χ0) is 19.5. The average molecular weight is 443 g/mol. The molecule has 4 rings (SSSR count). The normalized spacial score (nSPS) is 14.4. The fourth-order valence-corrected chi connectivity index (χ4v) is 3.80. The Hall–Kier alpha value is -2.60. The molecular formula is C22H20BrFN2O2. The highest BCUT2D eigenvalue weighted by Gasteiger charge is 2.22. The number of carbonyl (C=O) groups is 1. The van der Waals surface area contributed by atoms with Gasteiger partial charge >= 0.3 is 0 Å². The predicted octanol–water partition coefficient (Wildman–Crippen LogP) is 4.47. The third-order valence-electron chi connectivity index (χ3n) is 4.96. The number of halogens is 2. The fourth-order valence-electron chi connectivity index (χ4n) is 3.43.